The number of ketones is 1. The van der Waals surface area contributed by atoms with Crippen LogP contribution in [0.3, 0.4) is 0 Å². The van der Waals surface area contributed by atoms with E-state index in [4.69, 9.17) is 21.1 Å². The normalized spacial score (nSPS) is 12.6. The fourth-order valence-corrected chi connectivity index (χ4v) is 1.87. The molecule has 2 aromatic rings. The Morgan fingerprint density at radius 2 is 1.88 bits per heavy atom. The summed E-state index contributed by atoms with van der Waals surface area (Å²) in [5.74, 6) is 0.0457. The highest BCUT2D eigenvalue weighted by Gasteiger charge is 2.32. The fourth-order valence-electron chi connectivity index (χ4n) is 1.66. The molecule has 2 rings (SSSR count). The smallest absolute Gasteiger partial charge is 0.417 e. The summed E-state index contributed by atoms with van der Waals surface area (Å²) in [6, 6.07) is 7.12. The molecule has 1 aromatic carbocycles. The molecule has 0 fully saturated rings. The third-order valence-electron chi connectivity index (χ3n) is 3.07. The lowest BCUT2D eigenvalue weighted by Gasteiger charge is -2.16. The molecule has 0 N–H and O–H groups in total. The Bertz CT molecular complexity index is 750. The number of carbonyl (C=O) groups excluding carboxylic acids is 1. The van der Waals surface area contributed by atoms with E-state index in [-0.39, 0.29) is 28.2 Å². The molecule has 0 saturated heterocycles. The van der Waals surface area contributed by atoms with E-state index in [9.17, 15) is 18.0 Å². The summed E-state index contributed by atoms with van der Waals surface area (Å²) >= 11 is 5.81. The van der Waals surface area contributed by atoms with Crippen molar-refractivity contribution in [3.05, 3.63) is 47.1 Å². The average molecular weight is 360 g/mol. The van der Waals surface area contributed by atoms with Crippen LogP contribution < -0.4 is 9.47 Å². The SMILES string of the molecule is CC(=O)C(C)Oc1ccccc1Oc1ncc(C(F)(F)F)cc1Cl. The Hall–Kier alpha value is -2.28. The molecule has 0 aliphatic carbocycles. The number of para-hydroxylation sites is 2. The molecule has 1 heterocycles. The number of pyridine rings is 1. The van der Waals surface area contributed by atoms with Gasteiger partial charge in [-0.3, -0.25) is 4.79 Å². The van der Waals surface area contributed by atoms with Gasteiger partial charge in [-0.2, -0.15) is 13.2 Å². The molecule has 0 spiro atoms. The zero-order valence-corrected chi connectivity index (χ0v) is 13.5. The minimum Gasteiger partial charge on any atom is -0.479 e. The summed E-state index contributed by atoms with van der Waals surface area (Å²) in [6.07, 6.45) is -4.62. The minimum atomic E-state index is -4.55. The molecule has 24 heavy (non-hydrogen) atoms. The molecule has 0 aliphatic heterocycles. The van der Waals surface area contributed by atoms with E-state index in [0.29, 0.717) is 6.20 Å². The van der Waals surface area contributed by atoms with E-state index in [1.807, 2.05) is 0 Å². The molecule has 1 aromatic heterocycles. The van der Waals surface area contributed by atoms with Gasteiger partial charge >= 0.3 is 6.18 Å². The van der Waals surface area contributed by atoms with Gasteiger partial charge < -0.3 is 9.47 Å². The number of aromatic nitrogens is 1. The maximum atomic E-state index is 12.6. The molecular weight excluding hydrogens is 347 g/mol. The maximum Gasteiger partial charge on any atom is 0.417 e. The number of hydrogen-bond acceptors (Lipinski definition) is 4. The topological polar surface area (TPSA) is 48.4 Å². The van der Waals surface area contributed by atoms with Crippen molar-refractivity contribution in [1.82, 2.24) is 4.98 Å². The van der Waals surface area contributed by atoms with Crippen LogP contribution in [0.4, 0.5) is 13.2 Å². The van der Waals surface area contributed by atoms with Crippen LogP contribution in [0.5, 0.6) is 17.4 Å². The fraction of sp³-hybridized carbons (Fsp3) is 0.250. The average Bonchev–Trinajstić information content (AvgIpc) is 2.49. The third-order valence-corrected chi connectivity index (χ3v) is 3.34. The van der Waals surface area contributed by atoms with Gasteiger partial charge in [0.05, 0.1) is 5.56 Å². The van der Waals surface area contributed by atoms with Crippen molar-refractivity contribution in [2.45, 2.75) is 26.1 Å². The standard InChI is InChI=1S/C16H13ClF3NO3/c1-9(22)10(2)23-13-5-3-4-6-14(13)24-15-12(17)7-11(8-21-15)16(18,19)20/h3-8,10H,1-2H3. The number of ether oxygens (including phenoxy) is 2. The Morgan fingerprint density at radius 1 is 1.25 bits per heavy atom. The summed E-state index contributed by atoms with van der Waals surface area (Å²) in [6.45, 7) is 2.95. The predicted octanol–water partition coefficient (Wildman–Crippen LogP) is 4.90. The first-order valence-electron chi connectivity index (χ1n) is 6.85. The number of alkyl halides is 3. The molecule has 0 radical (unpaired) electrons. The molecule has 0 bridgehead atoms. The highest BCUT2D eigenvalue weighted by Crippen LogP contribution is 2.37. The molecule has 4 nitrogen and oxygen atoms in total. The Kier molecular flexibility index (Phi) is 5.33. The van der Waals surface area contributed by atoms with Gasteiger partial charge in [0.2, 0.25) is 5.88 Å². The van der Waals surface area contributed by atoms with Crippen molar-refractivity contribution in [3.8, 4) is 17.4 Å². The first-order valence-corrected chi connectivity index (χ1v) is 7.23. The highest BCUT2D eigenvalue weighted by atomic mass is 35.5. The molecule has 1 atom stereocenters. The zero-order chi connectivity index (χ0) is 17.9. The van der Waals surface area contributed by atoms with Crippen molar-refractivity contribution >= 4 is 17.4 Å². The second-order valence-corrected chi connectivity index (χ2v) is 5.34. The van der Waals surface area contributed by atoms with E-state index < -0.39 is 17.8 Å². The molecule has 0 amide bonds. The summed E-state index contributed by atoms with van der Waals surface area (Å²) in [5, 5.41) is -0.292. The van der Waals surface area contributed by atoms with E-state index in [0.717, 1.165) is 6.07 Å². The van der Waals surface area contributed by atoms with Crippen molar-refractivity contribution in [2.24, 2.45) is 0 Å². The zero-order valence-electron chi connectivity index (χ0n) is 12.7. The maximum absolute atomic E-state index is 12.6. The van der Waals surface area contributed by atoms with Gasteiger partial charge in [-0.25, -0.2) is 4.98 Å². The van der Waals surface area contributed by atoms with Crippen LogP contribution in [-0.4, -0.2) is 16.9 Å². The van der Waals surface area contributed by atoms with Gasteiger partial charge in [-0.05, 0) is 32.0 Å². The van der Waals surface area contributed by atoms with E-state index in [1.165, 1.54) is 13.0 Å². The van der Waals surface area contributed by atoms with Crippen LogP contribution in [0.2, 0.25) is 5.02 Å². The minimum absolute atomic E-state index is 0.180. The van der Waals surface area contributed by atoms with Crippen LogP contribution in [0.1, 0.15) is 19.4 Å². The highest BCUT2D eigenvalue weighted by molar-refractivity contribution is 6.31. The van der Waals surface area contributed by atoms with E-state index >= 15 is 0 Å². The molecule has 0 aliphatic rings. The Labute approximate surface area is 141 Å². The lowest BCUT2D eigenvalue weighted by molar-refractivity contribution is -0.137. The summed E-state index contributed by atoms with van der Waals surface area (Å²) in [7, 11) is 0. The Morgan fingerprint density at radius 3 is 2.42 bits per heavy atom. The second-order valence-electron chi connectivity index (χ2n) is 4.93. The van der Waals surface area contributed by atoms with Gasteiger partial charge in [0, 0.05) is 6.20 Å². The monoisotopic (exact) mass is 359 g/mol. The largest absolute Gasteiger partial charge is 0.479 e. The number of benzene rings is 1. The lowest BCUT2D eigenvalue weighted by Crippen LogP contribution is -2.20. The molecule has 8 heteroatoms. The van der Waals surface area contributed by atoms with Gasteiger partial charge in [0.25, 0.3) is 0 Å². The molecule has 0 saturated carbocycles. The van der Waals surface area contributed by atoms with Crippen molar-refractivity contribution in [2.75, 3.05) is 0 Å². The van der Waals surface area contributed by atoms with Gasteiger partial charge in [0.1, 0.15) is 5.02 Å². The predicted molar refractivity (Wildman–Crippen MR) is 81.5 cm³/mol. The van der Waals surface area contributed by atoms with Crippen molar-refractivity contribution in [1.29, 1.82) is 0 Å². The first kappa shape index (κ1) is 18.1. The lowest BCUT2D eigenvalue weighted by atomic mass is 10.2. The van der Waals surface area contributed by atoms with Crippen molar-refractivity contribution in [3.63, 3.8) is 0 Å². The quantitative estimate of drug-likeness (QED) is 0.761. The summed E-state index contributed by atoms with van der Waals surface area (Å²) < 4.78 is 48.8. The summed E-state index contributed by atoms with van der Waals surface area (Å²) in [4.78, 5) is 14.9. The van der Waals surface area contributed by atoms with Crippen LogP contribution >= 0.6 is 11.6 Å². The van der Waals surface area contributed by atoms with Crippen LogP contribution in [-0.2, 0) is 11.0 Å². The number of hydrogen-bond donors (Lipinski definition) is 0. The second kappa shape index (κ2) is 7.09. The van der Waals surface area contributed by atoms with Crippen molar-refractivity contribution < 1.29 is 27.4 Å². The molecule has 128 valence electrons. The van der Waals surface area contributed by atoms with Gasteiger partial charge in [-0.1, -0.05) is 23.7 Å². The number of rotatable bonds is 5. The third kappa shape index (κ3) is 4.38. The van der Waals surface area contributed by atoms with Crippen LogP contribution in [0.25, 0.3) is 0 Å². The van der Waals surface area contributed by atoms with Crippen LogP contribution in [0.15, 0.2) is 36.5 Å². The van der Waals surface area contributed by atoms with E-state index in [1.54, 1.807) is 25.1 Å². The molecule has 1 unspecified atom stereocenters. The molecular formula is C16H13ClF3NO3. The number of nitrogens with zero attached hydrogens (tertiary/aromatic N) is 1. The van der Waals surface area contributed by atoms with Crippen LogP contribution in [0, 0.1) is 0 Å². The van der Waals surface area contributed by atoms with Gasteiger partial charge in [-0.15, -0.1) is 0 Å². The Balaban J connectivity index is 2.27. The number of halogens is 4. The first-order chi connectivity index (χ1) is 11.2. The number of Topliss-reactive ketones (excluding diaryl/α,β-unsaturated/α-hetero) is 1. The summed E-state index contributed by atoms with van der Waals surface area (Å²) in [5.41, 5.74) is -0.977. The van der Waals surface area contributed by atoms with E-state index in [2.05, 4.69) is 4.98 Å². The number of carbonyl (C=O) groups is 1. The van der Waals surface area contributed by atoms with Gasteiger partial charge in [0.15, 0.2) is 23.4 Å².